The molecular weight excluding hydrogens is 402 g/mol. The number of likely N-dealkylation sites (tertiary alicyclic amines) is 1. The topological polar surface area (TPSA) is 56.6 Å². The van der Waals surface area contributed by atoms with Crippen LogP contribution in [-0.2, 0) is 16.0 Å². The normalized spacial score (nSPS) is 19.5. The van der Waals surface area contributed by atoms with E-state index >= 15 is 0 Å². The van der Waals surface area contributed by atoms with Gasteiger partial charge < -0.3 is 18.9 Å². The zero-order chi connectivity index (χ0) is 21.9. The molecule has 2 aliphatic heterocycles. The Balaban J connectivity index is 1.24. The number of ether oxygens (including phenoxy) is 2. The Morgan fingerprint density at radius 1 is 1.09 bits per heavy atom. The smallest absolute Gasteiger partial charge is 0.222 e. The van der Waals surface area contributed by atoms with Crippen LogP contribution in [0.4, 0.5) is 0 Å². The fourth-order valence-corrected chi connectivity index (χ4v) is 5.03. The van der Waals surface area contributed by atoms with E-state index in [0.717, 1.165) is 68.9 Å². The van der Waals surface area contributed by atoms with Crippen molar-refractivity contribution in [2.24, 2.45) is 0 Å². The number of hydrogen-bond donors (Lipinski definition) is 0. The standard InChI is InChI=1S/C26H31N3O3/c1-31-21-11-8-19(9-12-21)10-13-25(30)28-16-14-20(15-17-28)29-23-6-3-2-5-22(23)27-26(29)24-7-4-18-32-24/h2-3,5-6,8-9,11-12,20,24H,4,7,10,13-18H2,1H3. The van der Waals surface area contributed by atoms with Crippen LogP contribution in [0.5, 0.6) is 5.75 Å². The minimum atomic E-state index is 0.0894. The molecular formula is C26H31N3O3. The van der Waals surface area contributed by atoms with Crippen molar-refractivity contribution in [3.05, 3.63) is 59.9 Å². The Labute approximate surface area is 189 Å². The lowest BCUT2D eigenvalue weighted by Crippen LogP contribution is -2.39. The minimum Gasteiger partial charge on any atom is -0.497 e. The third kappa shape index (κ3) is 4.24. The quantitative estimate of drug-likeness (QED) is 0.566. The van der Waals surface area contributed by atoms with Crippen molar-refractivity contribution in [1.82, 2.24) is 14.5 Å². The lowest BCUT2D eigenvalue weighted by molar-refractivity contribution is -0.132. The second-order valence-corrected chi connectivity index (χ2v) is 8.79. The highest BCUT2D eigenvalue weighted by Gasteiger charge is 2.30. The SMILES string of the molecule is COc1ccc(CCC(=O)N2CCC(n3c(C4CCCO4)nc4ccccc43)CC2)cc1. The number of nitrogens with zero attached hydrogens (tertiary/aromatic N) is 3. The van der Waals surface area contributed by atoms with Gasteiger partial charge in [-0.25, -0.2) is 4.98 Å². The number of fused-ring (bicyclic) bond motifs is 1. The first-order valence-electron chi connectivity index (χ1n) is 11.7. The molecule has 5 rings (SSSR count). The average Bonchev–Trinajstić information content (AvgIpc) is 3.51. The molecule has 3 aromatic rings. The Bertz CT molecular complexity index is 1060. The van der Waals surface area contributed by atoms with Gasteiger partial charge in [0.15, 0.2) is 0 Å². The lowest BCUT2D eigenvalue weighted by atomic mass is 10.0. The van der Waals surface area contributed by atoms with Crippen LogP contribution in [0.3, 0.4) is 0 Å². The molecule has 1 atom stereocenters. The maximum absolute atomic E-state index is 12.8. The number of carbonyl (C=O) groups excluding carboxylic acids is 1. The van der Waals surface area contributed by atoms with Crippen molar-refractivity contribution in [1.29, 1.82) is 0 Å². The molecule has 6 nitrogen and oxygen atoms in total. The average molecular weight is 434 g/mol. The highest BCUT2D eigenvalue weighted by molar-refractivity contribution is 5.77. The van der Waals surface area contributed by atoms with E-state index in [0.29, 0.717) is 12.5 Å². The predicted octanol–water partition coefficient (Wildman–Crippen LogP) is 4.69. The van der Waals surface area contributed by atoms with E-state index in [1.54, 1.807) is 7.11 Å². The third-order valence-corrected chi connectivity index (χ3v) is 6.81. The molecule has 2 aromatic carbocycles. The first-order valence-corrected chi connectivity index (χ1v) is 11.7. The molecule has 32 heavy (non-hydrogen) atoms. The number of aryl methyl sites for hydroxylation is 1. The van der Waals surface area contributed by atoms with E-state index in [9.17, 15) is 4.79 Å². The van der Waals surface area contributed by atoms with E-state index in [-0.39, 0.29) is 12.0 Å². The van der Waals surface area contributed by atoms with Crippen LogP contribution in [0.2, 0.25) is 0 Å². The van der Waals surface area contributed by atoms with Gasteiger partial charge in [-0.2, -0.15) is 0 Å². The van der Waals surface area contributed by atoms with E-state index in [2.05, 4.69) is 22.8 Å². The van der Waals surface area contributed by atoms with Crippen molar-refractivity contribution in [2.45, 2.75) is 50.7 Å². The van der Waals surface area contributed by atoms with Crippen molar-refractivity contribution in [2.75, 3.05) is 26.8 Å². The molecule has 2 saturated heterocycles. The fourth-order valence-electron chi connectivity index (χ4n) is 5.03. The summed E-state index contributed by atoms with van der Waals surface area (Å²) in [5.41, 5.74) is 3.39. The second-order valence-electron chi connectivity index (χ2n) is 8.79. The molecule has 0 saturated carbocycles. The molecule has 0 spiro atoms. The Morgan fingerprint density at radius 2 is 1.88 bits per heavy atom. The minimum absolute atomic E-state index is 0.0894. The number of aromatic nitrogens is 2. The molecule has 0 bridgehead atoms. The summed E-state index contributed by atoms with van der Waals surface area (Å²) < 4.78 is 13.6. The van der Waals surface area contributed by atoms with Gasteiger partial charge in [0.1, 0.15) is 17.7 Å². The molecule has 1 unspecified atom stereocenters. The summed E-state index contributed by atoms with van der Waals surface area (Å²) in [5.74, 6) is 2.15. The van der Waals surface area contributed by atoms with Crippen LogP contribution in [0.25, 0.3) is 11.0 Å². The Hall–Kier alpha value is -2.86. The van der Waals surface area contributed by atoms with Crippen molar-refractivity contribution in [3.8, 4) is 5.75 Å². The summed E-state index contributed by atoms with van der Waals surface area (Å²) in [5, 5.41) is 0. The van der Waals surface area contributed by atoms with Gasteiger partial charge in [-0.15, -0.1) is 0 Å². The van der Waals surface area contributed by atoms with Gasteiger partial charge in [-0.3, -0.25) is 4.79 Å². The fraction of sp³-hybridized carbons (Fsp3) is 0.462. The van der Waals surface area contributed by atoms with E-state index in [4.69, 9.17) is 14.5 Å². The van der Waals surface area contributed by atoms with Crippen molar-refractivity contribution < 1.29 is 14.3 Å². The first-order chi connectivity index (χ1) is 15.7. The Kier molecular flexibility index (Phi) is 6.12. The number of methoxy groups -OCH3 is 1. The maximum Gasteiger partial charge on any atom is 0.222 e. The van der Waals surface area contributed by atoms with Gasteiger partial charge in [0.2, 0.25) is 5.91 Å². The highest BCUT2D eigenvalue weighted by Crippen LogP contribution is 2.35. The highest BCUT2D eigenvalue weighted by atomic mass is 16.5. The van der Waals surface area contributed by atoms with Crippen LogP contribution in [0, 0.1) is 0 Å². The van der Waals surface area contributed by atoms with Crippen LogP contribution in [-0.4, -0.2) is 47.2 Å². The van der Waals surface area contributed by atoms with Gasteiger partial charge in [0.05, 0.1) is 18.1 Å². The van der Waals surface area contributed by atoms with Gasteiger partial charge >= 0.3 is 0 Å². The van der Waals surface area contributed by atoms with E-state index in [1.165, 1.54) is 11.1 Å². The Morgan fingerprint density at radius 3 is 2.59 bits per heavy atom. The summed E-state index contributed by atoms with van der Waals surface area (Å²) >= 11 is 0. The third-order valence-electron chi connectivity index (χ3n) is 6.81. The molecule has 2 fully saturated rings. The summed E-state index contributed by atoms with van der Waals surface area (Å²) in [6.07, 6.45) is 5.43. The molecule has 168 valence electrons. The van der Waals surface area contributed by atoms with Crippen LogP contribution >= 0.6 is 0 Å². The molecule has 1 aromatic heterocycles. The van der Waals surface area contributed by atoms with Gasteiger partial charge in [-0.1, -0.05) is 24.3 Å². The molecule has 0 N–H and O–H groups in total. The summed E-state index contributed by atoms with van der Waals surface area (Å²) in [7, 11) is 1.67. The van der Waals surface area contributed by atoms with E-state index in [1.807, 2.05) is 35.2 Å². The molecule has 0 aliphatic carbocycles. The number of para-hydroxylation sites is 2. The number of carbonyl (C=O) groups is 1. The lowest BCUT2D eigenvalue weighted by Gasteiger charge is -2.34. The van der Waals surface area contributed by atoms with E-state index < -0.39 is 0 Å². The summed E-state index contributed by atoms with van der Waals surface area (Å²) in [6.45, 7) is 2.40. The van der Waals surface area contributed by atoms with Gasteiger partial charge in [0, 0.05) is 32.2 Å². The second kappa shape index (κ2) is 9.33. The van der Waals surface area contributed by atoms with Crippen molar-refractivity contribution in [3.63, 3.8) is 0 Å². The largest absolute Gasteiger partial charge is 0.497 e. The number of imidazole rings is 1. The van der Waals surface area contributed by atoms with Crippen LogP contribution < -0.4 is 4.74 Å². The van der Waals surface area contributed by atoms with Crippen LogP contribution in [0.15, 0.2) is 48.5 Å². The summed E-state index contributed by atoms with van der Waals surface area (Å²) in [6, 6.07) is 16.7. The van der Waals surface area contributed by atoms with Gasteiger partial charge in [0.25, 0.3) is 0 Å². The van der Waals surface area contributed by atoms with Gasteiger partial charge in [-0.05, 0) is 61.9 Å². The maximum atomic E-state index is 12.8. The number of rotatable bonds is 6. The molecule has 2 aliphatic rings. The summed E-state index contributed by atoms with van der Waals surface area (Å²) in [4.78, 5) is 19.8. The number of amides is 1. The van der Waals surface area contributed by atoms with Crippen LogP contribution in [0.1, 0.15) is 55.6 Å². The monoisotopic (exact) mass is 433 g/mol. The van der Waals surface area contributed by atoms with Crippen molar-refractivity contribution >= 4 is 16.9 Å². The number of benzene rings is 2. The molecule has 3 heterocycles. The number of piperidine rings is 1. The number of hydrogen-bond acceptors (Lipinski definition) is 4. The molecule has 0 radical (unpaired) electrons. The zero-order valence-electron chi connectivity index (χ0n) is 18.7. The molecule has 6 heteroatoms. The molecule has 1 amide bonds. The predicted molar refractivity (Wildman–Crippen MR) is 124 cm³/mol. The zero-order valence-corrected chi connectivity index (χ0v) is 18.7. The first kappa shape index (κ1) is 21.0.